The first-order chi connectivity index (χ1) is 6.66. The van der Waals surface area contributed by atoms with Crippen LogP contribution in [0.15, 0.2) is 27.7 Å². The van der Waals surface area contributed by atoms with E-state index in [9.17, 15) is 4.39 Å². The molecule has 74 valence electrons. The van der Waals surface area contributed by atoms with Crippen LogP contribution < -0.4 is 11.1 Å². The van der Waals surface area contributed by atoms with Gasteiger partial charge in [0.1, 0.15) is 5.82 Å². The van der Waals surface area contributed by atoms with Crippen molar-refractivity contribution >= 4 is 21.9 Å². The molecule has 0 saturated carbocycles. The summed E-state index contributed by atoms with van der Waals surface area (Å²) in [6.07, 6.45) is 0. The molecular formula is C9H9BrFN3. The molecule has 1 heterocycles. The molecule has 0 spiro atoms. The van der Waals surface area contributed by atoms with Crippen molar-refractivity contribution in [2.45, 2.75) is 6.04 Å². The minimum Gasteiger partial charge on any atom is -0.370 e. The van der Waals surface area contributed by atoms with E-state index in [4.69, 9.17) is 5.73 Å². The predicted molar refractivity (Wildman–Crippen MR) is 56.5 cm³/mol. The summed E-state index contributed by atoms with van der Waals surface area (Å²) < 4.78 is 13.4. The zero-order valence-corrected chi connectivity index (χ0v) is 8.88. The number of nitrogens with two attached hydrogens (primary N) is 1. The van der Waals surface area contributed by atoms with Crippen LogP contribution in [0.25, 0.3) is 0 Å². The molecule has 1 aromatic rings. The first kappa shape index (κ1) is 9.45. The summed E-state index contributed by atoms with van der Waals surface area (Å²) in [6, 6.07) is 4.95. The third kappa shape index (κ3) is 1.72. The highest BCUT2D eigenvalue weighted by Crippen LogP contribution is 2.22. The van der Waals surface area contributed by atoms with E-state index in [1.54, 1.807) is 12.1 Å². The minimum atomic E-state index is -0.263. The largest absolute Gasteiger partial charge is 0.370 e. The normalized spacial score (nSPS) is 20.4. The maximum Gasteiger partial charge on any atom is 0.189 e. The standard InChI is InChI=1S/C9H9BrFN3/c10-6-3-5(1-2-7(6)11)8-4-13-9(12)14-8/h1-3,8H,4H2,(H3,12,13,14). The van der Waals surface area contributed by atoms with Gasteiger partial charge in [-0.05, 0) is 33.6 Å². The molecule has 0 fully saturated rings. The second-order valence-electron chi connectivity index (χ2n) is 3.10. The van der Waals surface area contributed by atoms with Gasteiger partial charge >= 0.3 is 0 Å². The van der Waals surface area contributed by atoms with Gasteiger partial charge in [-0.2, -0.15) is 0 Å². The van der Waals surface area contributed by atoms with E-state index in [1.807, 2.05) is 0 Å². The Bertz CT molecular complexity index is 392. The molecule has 0 bridgehead atoms. The van der Waals surface area contributed by atoms with Gasteiger partial charge in [0.05, 0.1) is 17.1 Å². The van der Waals surface area contributed by atoms with Gasteiger partial charge in [0.2, 0.25) is 0 Å². The van der Waals surface area contributed by atoms with Crippen LogP contribution in [0.1, 0.15) is 11.6 Å². The quantitative estimate of drug-likeness (QED) is 0.802. The Labute approximate surface area is 89.3 Å². The van der Waals surface area contributed by atoms with Crippen molar-refractivity contribution in [3.63, 3.8) is 0 Å². The van der Waals surface area contributed by atoms with Crippen molar-refractivity contribution in [1.82, 2.24) is 5.32 Å². The van der Waals surface area contributed by atoms with Crippen molar-refractivity contribution in [3.05, 3.63) is 34.1 Å². The summed E-state index contributed by atoms with van der Waals surface area (Å²) in [7, 11) is 0. The smallest absolute Gasteiger partial charge is 0.189 e. The summed E-state index contributed by atoms with van der Waals surface area (Å²) in [6.45, 7) is 0.601. The summed E-state index contributed by atoms with van der Waals surface area (Å²) in [4.78, 5) is 4.02. The van der Waals surface area contributed by atoms with Crippen LogP contribution in [0, 0.1) is 5.82 Å². The monoisotopic (exact) mass is 257 g/mol. The lowest BCUT2D eigenvalue weighted by atomic mass is 10.1. The molecule has 3 nitrogen and oxygen atoms in total. The average Bonchev–Trinajstić information content (AvgIpc) is 2.57. The molecule has 2 rings (SSSR count). The van der Waals surface area contributed by atoms with Gasteiger partial charge in [-0.25, -0.2) is 4.39 Å². The molecule has 3 N–H and O–H groups in total. The van der Waals surface area contributed by atoms with Crippen molar-refractivity contribution < 1.29 is 4.39 Å². The van der Waals surface area contributed by atoms with Crippen molar-refractivity contribution in [2.75, 3.05) is 6.54 Å². The number of aliphatic imine (C=N–C) groups is 1. The van der Waals surface area contributed by atoms with Crippen molar-refractivity contribution in [2.24, 2.45) is 10.7 Å². The van der Waals surface area contributed by atoms with Gasteiger partial charge in [0, 0.05) is 0 Å². The second kappa shape index (κ2) is 3.57. The SMILES string of the molecule is NC1=NCC(c2ccc(F)c(Br)c2)N1. The van der Waals surface area contributed by atoms with Gasteiger partial charge in [-0.1, -0.05) is 6.07 Å². The number of halogens is 2. The summed E-state index contributed by atoms with van der Waals surface area (Å²) in [5.41, 5.74) is 6.46. The van der Waals surface area contributed by atoms with E-state index in [-0.39, 0.29) is 11.9 Å². The van der Waals surface area contributed by atoms with Crippen LogP contribution in [0.2, 0.25) is 0 Å². The highest BCUT2D eigenvalue weighted by Gasteiger charge is 2.17. The molecule has 1 aliphatic heterocycles. The highest BCUT2D eigenvalue weighted by molar-refractivity contribution is 9.10. The maximum atomic E-state index is 12.9. The van der Waals surface area contributed by atoms with Crippen molar-refractivity contribution in [1.29, 1.82) is 0 Å². The molecule has 1 aliphatic rings. The molecule has 0 saturated heterocycles. The fourth-order valence-corrected chi connectivity index (χ4v) is 1.77. The Morgan fingerprint density at radius 3 is 2.93 bits per heavy atom. The van der Waals surface area contributed by atoms with Gasteiger partial charge in [0.15, 0.2) is 5.96 Å². The highest BCUT2D eigenvalue weighted by atomic mass is 79.9. The third-order valence-corrected chi connectivity index (χ3v) is 2.72. The Kier molecular flexibility index (Phi) is 2.41. The maximum absolute atomic E-state index is 12.9. The number of hydrogen-bond acceptors (Lipinski definition) is 3. The van der Waals surface area contributed by atoms with Crippen LogP contribution in [0.4, 0.5) is 4.39 Å². The molecule has 0 amide bonds. The average molecular weight is 258 g/mol. The molecule has 5 heteroatoms. The Morgan fingerprint density at radius 1 is 1.57 bits per heavy atom. The van der Waals surface area contributed by atoms with Crippen LogP contribution in [0.5, 0.6) is 0 Å². The molecular weight excluding hydrogens is 249 g/mol. The number of hydrogen-bond donors (Lipinski definition) is 2. The zero-order chi connectivity index (χ0) is 10.1. The molecule has 1 aromatic carbocycles. The lowest BCUT2D eigenvalue weighted by Crippen LogP contribution is -2.29. The first-order valence-corrected chi connectivity index (χ1v) is 4.97. The molecule has 0 radical (unpaired) electrons. The number of guanidine groups is 1. The number of rotatable bonds is 1. The van der Waals surface area contributed by atoms with Gasteiger partial charge in [-0.3, -0.25) is 4.99 Å². The third-order valence-electron chi connectivity index (χ3n) is 2.11. The summed E-state index contributed by atoms with van der Waals surface area (Å²) in [5, 5.41) is 3.00. The number of nitrogens with one attached hydrogen (secondary N) is 1. The van der Waals surface area contributed by atoms with E-state index >= 15 is 0 Å². The minimum absolute atomic E-state index is 0.0619. The molecule has 14 heavy (non-hydrogen) atoms. The summed E-state index contributed by atoms with van der Waals surface area (Å²) in [5.74, 6) is 0.177. The molecule has 1 unspecified atom stereocenters. The van der Waals surface area contributed by atoms with Crippen LogP contribution >= 0.6 is 15.9 Å². The van der Waals surface area contributed by atoms with Crippen LogP contribution in [0.3, 0.4) is 0 Å². The zero-order valence-electron chi connectivity index (χ0n) is 7.30. The number of benzene rings is 1. The topological polar surface area (TPSA) is 50.4 Å². The van der Waals surface area contributed by atoms with Gasteiger partial charge in [0.25, 0.3) is 0 Å². The Morgan fingerprint density at radius 2 is 2.36 bits per heavy atom. The van der Waals surface area contributed by atoms with Gasteiger partial charge < -0.3 is 11.1 Å². The lowest BCUT2D eigenvalue weighted by Gasteiger charge is -2.11. The van der Waals surface area contributed by atoms with E-state index < -0.39 is 0 Å². The van der Waals surface area contributed by atoms with E-state index in [1.165, 1.54) is 6.07 Å². The van der Waals surface area contributed by atoms with Crippen LogP contribution in [-0.4, -0.2) is 12.5 Å². The predicted octanol–water partition coefficient (Wildman–Crippen LogP) is 1.55. The fraction of sp³-hybridized carbons (Fsp3) is 0.222. The van der Waals surface area contributed by atoms with E-state index in [2.05, 4.69) is 26.2 Å². The summed E-state index contributed by atoms with van der Waals surface area (Å²) >= 11 is 3.14. The molecule has 1 atom stereocenters. The first-order valence-electron chi connectivity index (χ1n) is 4.18. The molecule has 0 aliphatic carbocycles. The Hall–Kier alpha value is -1.10. The van der Waals surface area contributed by atoms with Gasteiger partial charge in [-0.15, -0.1) is 0 Å². The second-order valence-corrected chi connectivity index (χ2v) is 3.95. The lowest BCUT2D eigenvalue weighted by molar-refractivity contribution is 0.617. The number of nitrogens with zero attached hydrogens (tertiary/aromatic N) is 1. The van der Waals surface area contributed by atoms with E-state index in [0.717, 1.165) is 5.56 Å². The molecule has 0 aromatic heterocycles. The van der Waals surface area contributed by atoms with E-state index in [0.29, 0.717) is 17.0 Å². The van der Waals surface area contributed by atoms with Crippen LogP contribution in [-0.2, 0) is 0 Å². The fourth-order valence-electron chi connectivity index (χ4n) is 1.38. The Balaban J connectivity index is 2.22. The van der Waals surface area contributed by atoms with Crippen molar-refractivity contribution in [3.8, 4) is 0 Å².